The van der Waals surface area contributed by atoms with Gasteiger partial charge in [0.05, 0.1) is 0 Å². The predicted octanol–water partition coefficient (Wildman–Crippen LogP) is 1.49. The van der Waals surface area contributed by atoms with E-state index >= 15 is 0 Å². The molecular formula is C11H16Si. The van der Waals surface area contributed by atoms with Crippen LogP contribution in [0.15, 0.2) is 30.3 Å². The SMILES string of the molecule is CC/C=C(/C)c1ccc([SiH3])cc1. The first-order chi connectivity index (χ1) is 5.74. The van der Waals surface area contributed by atoms with E-state index in [9.17, 15) is 0 Å². The zero-order chi connectivity index (χ0) is 8.97. The lowest BCUT2D eigenvalue weighted by atomic mass is 10.1. The fraction of sp³-hybridized carbons (Fsp3) is 0.273. The summed E-state index contributed by atoms with van der Waals surface area (Å²) in [5.41, 5.74) is 2.75. The Bertz CT molecular complexity index is 270. The summed E-state index contributed by atoms with van der Waals surface area (Å²) in [6, 6.07) is 8.86. The summed E-state index contributed by atoms with van der Waals surface area (Å²) in [6.45, 7) is 4.34. The van der Waals surface area contributed by atoms with Crippen molar-refractivity contribution < 1.29 is 0 Å². The summed E-state index contributed by atoms with van der Waals surface area (Å²) < 4.78 is 0. The number of hydrogen-bond donors (Lipinski definition) is 0. The van der Waals surface area contributed by atoms with Gasteiger partial charge in [0.2, 0.25) is 0 Å². The highest BCUT2D eigenvalue weighted by Gasteiger charge is 1.92. The molecule has 1 rings (SSSR count). The smallest absolute Gasteiger partial charge is 0.0384 e. The summed E-state index contributed by atoms with van der Waals surface area (Å²) in [7, 11) is 1.15. The molecule has 0 aliphatic heterocycles. The second-order valence-electron chi connectivity index (χ2n) is 3.16. The van der Waals surface area contributed by atoms with Gasteiger partial charge in [0.25, 0.3) is 0 Å². The number of allylic oxidation sites excluding steroid dienone is 2. The molecule has 0 atom stereocenters. The third-order valence-electron chi connectivity index (χ3n) is 2.02. The molecule has 0 nitrogen and oxygen atoms in total. The van der Waals surface area contributed by atoms with Gasteiger partial charge in [0.1, 0.15) is 0 Å². The molecule has 0 amide bonds. The summed E-state index contributed by atoms with van der Waals surface area (Å²) >= 11 is 0. The minimum absolute atomic E-state index is 1.12. The van der Waals surface area contributed by atoms with E-state index in [0.29, 0.717) is 0 Å². The number of hydrogen-bond acceptors (Lipinski definition) is 0. The predicted molar refractivity (Wildman–Crippen MR) is 60.0 cm³/mol. The van der Waals surface area contributed by atoms with E-state index in [4.69, 9.17) is 0 Å². The Labute approximate surface area is 77.7 Å². The molecule has 64 valence electrons. The van der Waals surface area contributed by atoms with Crippen LogP contribution in [0.2, 0.25) is 0 Å². The molecule has 1 aromatic rings. The first-order valence-electron chi connectivity index (χ1n) is 4.48. The van der Waals surface area contributed by atoms with Crippen LogP contribution in [0.4, 0.5) is 0 Å². The average Bonchev–Trinajstić information content (AvgIpc) is 2.06. The van der Waals surface area contributed by atoms with Crippen LogP contribution in [-0.2, 0) is 0 Å². The van der Waals surface area contributed by atoms with Gasteiger partial charge in [-0.05, 0) is 24.5 Å². The summed E-state index contributed by atoms with van der Waals surface area (Å²) in [6.07, 6.45) is 3.39. The number of rotatable bonds is 2. The summed E-state index contributed by atoms with van der Waals surface area (Å²) in [4.78, 5) is 0. The van der Waals surface area contributed by atoms with Gasteiger partial charge in [-0.1, -0.05) is 42.5 Å². The van der Waals surface area contributed by atoms with Gasteiger partial charge in [-0.25, -0.2) is 0 Å². The zero-order valence-electron chi connectivity index (χ0n) is 8.09. The lowest BCUT2D eigenvalue weighted by molar-refractivity contribution is 1.22. The van der Waals surface area contributed by atoms with Crippen molar-refractivity contribution in [3.8, 4) is 0 Å². The zero-order valence-corrected chi connectivity index (χ0v) is 10.1. The molecule has 0 radical (unpaired) electrons. The van der Waals surface area contributed by atoms with Gasteiger partial charge in [-0.2, -0.15) is 0 Å². The van der Waals surface area contributed by atoms with Gasteiger partial charge in [0, 0.05) is 10.2 Å². The maximum absolute atomic E-state index is 2.27. The van der Waals surface area contributed by atoms with Crippen molar-refractivity contribution in [2.24, 2.45) is 0 Å². The first-order valence-corrected chi connectivity index (χ1v) is 5.48. The van der Waals surface area contributed by atoms with E-state index in [2.05, 4.69) is 44.2 Å². The van der Waals surface area contributed by atoms with Crippen molar-refractivity contribution in [1.29, 1.82) is 0 Å². The molecule has 0 N–H and O–H groups in total. The Hall–Kier alpha value is -0.823. The molecule has 0 fully saturated rings. The van der Waals surface area contributed by atoms with Gasteiger partial charge >= 0.3 is 0 Å². The Balaban J connectivity index is 2.89. The van der Waals surface area contributed by atoms with Gasteiger partial charge in [0.15, 0.2) is 0 Å². The Kier molecular flexibility index (Phi) is 3.29. The molecule has 0 aliphatic carbocycles. The van der Waals surface area contributed by atoms with Crippen LogP contribution in [0.5, 0.6) is 0 Å². The van der Waals surface area contributed by atoms with Crippen LogP contribution in [0.25, 0.3) is 5.57 Å². The Morgan fingerprint density at radius 2 is 1.92 bits per heavy atom. The van der Waals surface area contributed by atoms with Crippen molar-refractivity contribution in [3.63, 3.8) is 0 Å². The largest absolute Gasteiger partial charge is 0.0813 e. The average molecular weight is 176 g/mol. The standard InChI is InChI=1S/C11H16Si/c1-3-4-9(2)10-5-7-11(12)8-6-10/h4-8H,3H2,1-2,12H3/b9-4-. The Morgan fingerprint density at radius 1 is 1.33 bits per heavy atom. The van der Waals surface area contributed by atoms with Crippen molar-refractivity contribution >= 4 is 21.0 Å². The molecule has 0 saturated heterocycles. The molecule has 0 aromatic heterocycles. The second-order valence-corrected chi connectivity index (χ2v) is 4.32. The summed E-state index contributed by atoms with van der Waals surface area (Å²) in [5, 5.41) is 1.46. The minimum atomic E-state index is 1.12. The molecule has 0 bridgehead atoms. The van der Waals surface area contributed by atoms with Crippen molar-refractivity contribution in [2.45, 2.75) is 20.3 Å². The van der Waals surface area contributed by atoms with Crippen LogP contribution in [0, 0.1) is 0 Å². The minimum Gasteiger partial charge on any atom is -0.0813 e. The van der Waals surface area contributed by atoms with E-state index in [0.717, 1.165) is 16.7 Å². The van der Waals surface area contributed by atoms with Crippen molar-refractivity contribution in [1.82, 2.24) is 0 Å². The van der Waals surface area contributed by atoms with E-state index < -0.39 is 0 Å². The molecule has 0 saturated carbocycles. The molecule has 1 heteroatoms. The monoisotopic (exact) mass is 176 g/mol. The molecule has 0 heterocycles. The fourth-order valence-corrected chi connectivity index (χ4v) is 1.57. The molecule has 0 aliphatic rings. The highest BCUT2D eigenvalue weighted by molar-refractivity contribution is 6.32. The van der Waals surface area contributed by atoms with Crippen LogP contribution in [0.1, 0.15) is 25.8 Å². The molecular weight excluding hydrogens is 160 g/mol. The van der Waals surface area contributed by atoms with E-state index in [1.54, 1.807) is 0 Å². The number of benzene rings is 1. The first kappa shape index (κ1) is 9.27. The van der Waals surface area contributed by atoms with E-state index in [1.165, 1.54) is 16.3 Å². The van der Waals surface area contributed by atoms with Gasteiger partial charge < -0.3 is 0 Å². The van der Waals surface area contributed by atoms with Crippen LogP contribution >= 0.6 is 0 Å². The lowest BCUT2D eigenvalue weighted by Gasteiger charge is -2.00. The Morgan fingerprint density at radius 3 is 2.42 bits per heavy atom. The van der Waals surface area contributed by atoms with E-state index in [-0.39, 0.29) is 0 Å². The second kappa shape index (κ2) is 4.26. The highest BCUT2D eigenvalue weighted by Crippen LogP contribution is 2.12. The van der Waals surface area contributed by atoms with Crippen LogP contribution < -0.4 is 5.19 Å². The topological polar surface area (TPSA) is 0 Å². The lowest BCUT2D eigenvalue weighted by Crippen LogP contribution is -1.99. The maximum Gasteiger partial charge on any atom is 0.0384 e. The van der Waals surface area contributed by atoms with Crippen LogP contribution in [-0.4, -0.2) is 10.2 Å². The third-order valence-corrected chi connectivity index (χ3v) is 2.68. The third kappa shape index (κ3) is 2.34. The molecule has 0 unspecified atom stereocenters. The van der Waals surface area contributed by atoms with E-state index in [1.807, 2.05) is 0 Å². The quantitative estimate of drug-likeness (QED) is 0.599. The van der Waals surface area contributed by atoms with Gasteiger partial charge in [-0.15, -0.1) is 0 Å². The maximum atomic E-state index is 2.27. The molecule has 0 spiro atoms. The highest BCUT2D eigenvalue weighted by atomic mass is 28.1. The van der Waals surface area contributed by atoms with Gasteiger partial charge in [-0.3, -0.25) is 0 Å². The van der Waals surface area contributed by atoms with Crippen molar-refractivity contribution in [2.75, 3.05) is 0 Å². The molecule has 12 heavy (non-hydrogen) atoms. The normalized spacial score (nSPS) is 12.0. The fourth-order valence-electron chi connectivity index (χ4n) is 1.24. The van der Waals surface area contributed by atoms with Crippen molar-refractivity contribution in [3.05, 3.63) is 35.9 Å². The summed E-state index contributed by atoms with van der Waals surface area (Å²) in [5.74, 6) is 0. The van der Waals surface area contributed by atoms with Crippen LogP contribution in [0.3, 0.4) is 0 Å². The molecule has 1 aromatic carbocycles.